The molecule has 0 saturated carbocycles. The lowest BCUT2D eigenvalue weighted by Gasteiger charge is -2.38. The number of nitrogens with zero attached hydrogens (tertiary/aromatic N) is 1. The molecule has 1 amide bonds. The van der Waals surface area contributed by atoms with E-state index in [-0.39, 0.29) is 5.91 Å². The summed E-state index contributed by atoms with van der Waals surface area (Å²) in [6.07, 6.45) is 2.27. The lowest BCUT2D eigenvalue weighted by Crippen LogP contribution is -2.41. The van der Waals surface area contributed by atoms with E-state index < -0.39 is 0 Å². The van der Waals surface area contributed by atoms with Crippen molar-refractivity contribution < 1.29 is 4.79 Å². The first-order chi connectivity index (χ1) is 8.38. The van der Waals surface area contributed by atoms with Crippen molar-refractivity contribution >= 4 is 39.8 Å². The molecule has 2 rings (SSSR count). The zero-order valence-electron chi connectivity index (χ0n) is 11.2. The van der Waals surface area contributed by atoms with Gasteiger partial charge in [-0.25, -0.2) is 0 Å². The molecule has 18 heavy (non-hydrogen) atoms. The minimum Gasteiger partial charge on any atom is -0.339 e. The molecule has 0 aromatic carbocycles. The monoisotopic (exact) mass is 377 g/mol. The summed E-state index contributed by atoms with van der Waals surface area (Å²) in [5, 5.41) is 1.97. The summed E-state index contributed by atoms with van der Waals surface area (Å²) in [5.74, 6) is 0.950. The van der Waals surface area contributed by atoms with Crippen molar-refractivity contribution in [2.45, 2.75) is 33.6 Å². The van der Waals surface area contributed by atoms with Gasteiger partial charge in [-0.3, -0.25) is 4.79 Å². The van der Waals surface area contributed by atoms with E-state index in [0.717, 1.165) is 37.4 Å². The van der Waals surface area contributed by atoms with Crippen LogP contribution in [0.1, 0.15) is 44.0 Å². The number of rotatable bonds is 1. The zero-order valence-corrected chi connectivity index (χ0v) is 14.2. The maximum Gasteiger partial charge on any atom is 0.254 e. The molecule has 1 aromatic rings. The summed E-state index contributed by atoms with van der Waals surface area (Å²) in [6.45, 7) is 8.73. The number of hydrogen-bond donors (Lipinski definition) is 0. The number of thiophene rings is 1. The van der Waals surface area contributed by atoms with Gasteiger partial charge in [-0.2, -0.15) is 0 Å². The van der Waals surface area contributed by atoms with Gasteiger partial charge in [0.25, 0.3) is 5.91 Å². The van der Waals surface area contributed by atoms with Crippen molar-refractivity contribution in [2.75, 3.05) is 13.1 Å². The van der Waals surface area contributed by atoms with Crippen molar-refractivity contribution in [2.24, 2.45) is 11.3 Å². The molecule has 2 heterocycles. The van der Waals surface area contributed by atoms with Gasteiger partial charge in [0.15, 0.2) is 0 Å². The number of carbonyl (C=O) groups excluding carboxylic acids is 1. The van der Waals surface area contributed by atoms with Crippen LogP contribution in [0, 0.1) is 14.2 Å². The highest BCUT2D eigenvalue weighted by Gasteiger charge is 2.30. The number of amides is 1. The third-order valence-electron chi connectivity index (χ3n) is 3.82. The highest BCUT2D eigenvalue weighted by atomic mass is 127. The SMILES string of the molecule is CC(C)(C)C1CCN(C(=O)c2csc(I)c2)CC1. The van der Waals surface area contributed by atoms with Crippen LogP contribution in [0.4, 0.5) is 0 Å². The summed E-state index contributed by atoms with van der Waals surface area (Å²) in [4.78, 5) is 14.3. The van der Waals surface area contributed by atoms with Gasteiger partial charge in [0.05, 0.1) is 8.45 Å². The molecule has 4 heteroatoms. The van der Waals surface area contributed by atoms with E-state index in [2.05, 4.69) is 43.4 Å². The maximum atomic E-state index is 12.3. The van der Waals surface area contributed by atoms with Crippen LogP contribution in [-0.2, 0) is 0 Å². The summed E-state index contributed by atoms with van der Waals surface area (Å²) < 4.78 is 1.18. The van der Waals surface area contributed by atoms with Crippen molar-refractivity contribution in [3.8, 4) is 0 Å². The number of halogens is 1. The zero-order chi connectivity index (χ0) is 13.3. The molecule has 1 fully saturated rings. The molecule has 1 saturated heterocycles. The van der Waals surface area contributed by atoms with Crippen LogP contribution in [0.25, 0.3) is 0 Å². The molecule has 1 aliphatic rings. The molecule has 1 aliphatic heterocycles. The van der Waals surface area contributed by atoms with Crippen LogP contribution in [0.2, 0.25) is 0 Å². The molecule has 0 aliphatic carbocycles. The highest BCUT2D eigenvalue weighted by Crippen LogP contribution is 2.34. The molecule has 2 nitrogen and oxygen atoms in total. The third kappa shape index (κ3) is 3.26. The molecule has 0 N–H and O–H groups in total. The Bertz CT molecular complexity index is 427. The van der Waals surface area contributed by atoms with E-state index in [9.17, 15) is 4.79 Å². The molecule has 0 atom stereocenters. The summed E-state index contributed by atoms with van der Waals surface area (Å²) in [7, 11) is 0. The predicted molar refractivity (Wildman–Crippen MR) is 85.1 cm³/mol. The van der Waals surface area contributed by atoms with E-state index in [1.54, 1.807) is 11.3 Å². The standard InChI is InChI=1S/C14H20INOS/c1-14(2,3)11-4-6-16(7-5-11)13(17)10-8-12(15)18-9-10/h8-9,11H,4-7H2,1-3H3. The maximum absolute atomic E-state index is 12.3. The topological polar surface area (TPSA) is 20.3 Å². The van der Waals surface area contributed by atoms with Gasteiger partial charge in [-0.1, -0.05) is 20.8 Å². The van der Waals surface area contributed by atoms with E-state index in [1.807, 2.05) is 16.3 Å². The van der Waals surface area contributed by atoms with Crippen molar-refractivity contribution in [3.05, 3.63) is 19.9 Å². The molecule has 0 spiro atoms. The Labute approximate surface area is 127 Å². The average Bonchev–Trinajstić information content (AvgIpc) is 2.74. The lowest BCUT2D eigenvalue weighted by atomic mass is 9.75. The van der Waals surface area contributed by atoms with Crippen LogP contribution >= 0.6 is 33.9 Å². The Balaban J connectivity index is 1.96. The van der Waals surface area contributed by atoms with Gasteiger partial charge >= 0.3 is 0 Å². The fraction of sp³-hybridized carbons (Fsp3) is 0.643. The summed E-state index contributed by atoms with van der Waals surface area (Å²) >= 11 is 3.91. The molecule has 0 radical (unpaired) electrons. The molecular formula is C14H20INOS. The molecule has 100 valence electrons. The molecule has 0 unspecified atom stereocenters. The van der Waals surface area contributed by atoms with E-state index in [0.29, 0.717) is 5.41 Å². The first-order valence-corrected chi connectivity index (χ1v) is 8.37. The fourth-order valence-corrected chi connectivity index (χ4v) is 3.87. The lowest BCUT2D eigenvalue weighted by molar-refractivity contribution is 0.0609. The second-order valence-electron chi connectivity index (χ2n) is 6.07. The molecule has 1 aromatic heterocycles. The van der Waals surface area contributed by atoms with Crippen molar-refractivity contribution in [1.29, 1.82) is 0 Å². The Morgan fingerprint density at radius 3 is 2.44 bits per heavy atom. The second-order valence-corrected chi connectivity index (χ2v) is 8.88. The van der Waals surface area contributed by atoms with Crippen LogP contribution in [-0.4, -0.2) is 23.9 Å². The van der Waals surface area contributed by atoms with Gasteiger partial charge in [0.2, 0.25) is 0 Å². The summed E-state index contributed by atoms with van der Waals surface area (Å²) in [5.41, 5.74) is 1.23. The third-order valence-corrected chi connectivity index (χ3v) is 5.61. The van der Waals surface area contributed by atoms with Gasteiger partial charge < -0.3 is 4.90 Å². The number of piperidine rings is 1. The van der Waals surface area contributed by atoms with Gasteiger partial charge in [0.1, 0.15) is 0 Å². The number of carbonyl (C=O) groups is 1. The second kappa shape index (κ2) is 5.49. The van der Waals surface area contributed by atoms with Crippen molar-refractivity contribution in [1.82, 2.24) is 4.90 Å². The first kappa shape index (κ1) is 14.3. The predicted octanol–water partition coefficient (Wildman–Crippen LogP) is 4.25. The van der Waals surface area contributed by atoms with Crippen LogP contribution in [0.3, 0.4) is 0 Å². The van der Waals surface area contributed by atoms with Crippen LogP contribution < -0.4 is 0 Å². The number of likely N-dealkylation sites (tertiary alicyclic amines) is 1. The minimum absolute atomic E-state index is 0.210. The largest absolute Gasteiger partial charge is 0.339 e. The first-order valence-electron chi connectivity index (χ1n) is 6.41. The number of hydrogen-bond acceptors (Lipinski definition) is 2. The fourth-order valence-electron chi connectivity index (χ4n) is 2.55. The Morgan fingerprint density at radius 1 is 1.39 bits per heavy atom. The van der Waals surface area contributed by atoms with Crippen molar-refractivity contribution in [3.63, 3.8) is 0 Å². The minimum atomic E-state index is 0.210. The highest BCUT2D eigenvalue weighted by molar-refractivity contribution is 14.1. The van der Waals surface area contributed by atoms with Gasteiger partial charge in [0, 0.05) is 18.5 Å². The Morgan fingerprint density at radius 2 is 2.00 bits per heavy atom. The van der Waals surface area contributed by atoms with E-state index in [4.69, 9.17) is 0 Å². The molecule has 0 bridgehead atoms. The Hall–Kier alpha value is -0.100. The molecular weight excluding hydrogens is 357 g/mol. The van der Waals surface area contributed by atoms with E-state index >= 15 is 0 Å². The smallest absolute Gasteiger partial charge is 0.254 e. The summed E-state index contributed by atoms with van der Waals surface area (Å²) in [6, 6.07) is 1.99. The quantitative estimate of drug-likeness (QED) is 0.670. The van der Waals surface area contributed by atoms with E-state index in [1.165, 1.54) is 2.88 Å². The van der Waals surface area contributed by atoms with Gasteiger partial charge in [-0.15, -0.1) is 11.3 Å². The normalized spacial score (nSPS) is 18.1. The van der Waals surface area contributed by atoms with Crippen LogP contribution in [0.5, 0.6) is 0 Å². The Kier molecular flexibility index (Phi) is 4.36. The average molecular weight is 377 g/mol. The van der Waals surface area contributed by atoms with Gasteiger partial charge in [-0.05, 0) is 52.8 Å². The van der Waals surface area contributed by atoms with Crippen LogP contribution in [0.15, 0.2) is 11.4 Å².